The molecule has 1 N–H and O–H groups in total. The summed E-state index contributed by atoms with van der Waals surface area (Å²) in [5.41, 5.74) is -0.789. The second kappa shape index (κ2) is 8.74. The van der Waals surface area contributed by atoms with E-state index in [2.05, 4.69) is 20.0 Å². The summed E-state index contributed by atoms with van der Waals surface area (Å²) >= 11 is 4.75. The van der Waals surface area contributed by atoms with E-state index in [9.17, 15) is 18.0 Å². The Balaban J connectivity index is 1.70. The van der Waals surface area contributed by atoms with E-state index in [1.54, 1.807) is 18.5 Å². The molecule has 2 heterocycles. The van der Waals surface area contributed by atoms with Crippen molar-refractivity contribution in [3.8, 4) is 16.9 Å². The van der Waals surface area contributed by atoms with Crippen molar-refractivity contribution in [3.05, 3.63) is 72.6 Å². The van der Waals surface area contributed by atoms with Crippen molar-refractivity contribution >= 4 is 34.2 Å². The Morgan fingerprint density at radius 2 is 1.88 bits per heavy atom. The molecule has 6 nitrogen and oxygen atoms in total. The second-order valence-electron chi connectivity index (χ2n) is 7.56. The summed E-state index contributed by atoms with van der Waals surface area (Å²) in [6.07, 6.45) is 4.28. The first-order valence-electron chi connectivity index (χ1n) is 9.89. The molecule has 170 valence electrons. The van der Waals surface area contributed by atoms with Gasteiger partial charge in [-0.15, -0.1) is 8.78 Å². The molecule has 1 amide bonds. The average molecular weight is 475 g/mol. The lowest BCUT2D eigenvalue weighted by Gasteiger charge is -2.14. The molecule has 0 saturated carbocycles. The Labute approximate surface area is 192 Å². The van der Waals surface area contributed by atoms with Crippen molar-refractivity contribution in [1.82, 2.24) is 14.5 Å². The minimum Gasteiger partial charge on any atom is -0.420 e. The highest BCUT2D eigenvalue weighted by Gasteiger charge is 2.27. The number of benzene rings is 2. The van der Waals surface area contributed by atoms with Crippen LogP contribution in [0, 0.1) is 5.82 Å². The third-order valence-corrected chi connectivity index (χ3v) is 4.93. The highest BCUT2D eigenvalue weighted by atomic mass is 35.5. The molecule has 0 fully saturated rings. The molecule has 0 atom stereocenters. The normalized spacial score (nSPS) is 11.7. The number of hydrogen-bond donors (Lipinski definition) is 1. The molecule has 0 spiro atoms. The van der Waals surface area contributed by atoms with Crippen LogP contribution in [-0.4, -0.2) is 26.0 Å². The van der Waals surface area contributed by atoms with E-state index in [1.165, 1.54) is 36.5 Å². The van der Waals surface area contributed by atoms with Gasteiger partial charge >= 0.3 is 5.57 Å². The Morgan fingerprint density at radius 3 is 2.52 bits per heavy atom. The number of alkyl halides is 3. The molecule has 4 aromatic rings. The standard InChI is InChI=1S/C23H18ClF3N4O2/c1-13(2)31-12-29-20-9-14(8-19(21(20)31)15-7-16(25)11-28-10-15)22(32)30-17-3-5-18(6-4-17)33-23(24,26)27/h3-13H,1-2H3,(H,30,32). The van der Waals surface area contributed by atoms with Gasteiger partial charge in [0.15, 0.2) is 0 Å². The van der Waals surface area contributed by atoms with Gasteiger partial charge in [-0.1, -0.05) is 0 Å². The van der Waals surface area contributed by atoms with E-state index in [0.717, 1.165) is 11.7 Å². The number of halogens is 4. The summed E-state index contributed by atoms with van der Waals surface area (Å²) in [6, 6.07) is 10.00. The first kappa shape index (κ1) is 22.6. The summed E-state index contributed by atoms with van der Waals surface area (Å²) in [7, 11) is 0. The minimum absolute atomic E-state index is 0.0797. The predicted octanol–water partition coefficient (Wildman–Crippen LogP) is 6.24. The molecule has 2 aromatic heterocycles. The molecule has 2 aromatic carbocycles. The average Bonchev–Trinajstić information content (AvgIpc) is 3.18. The van der Waals surface area contributed by atoms with E-state index in [1.807, 2.05) is 18.4 Å². The zero-order valence-corrected chi connectivity index (χ0v) is 18.3. The summed E-state index contributed by atoms with van der Waals surface area (Å²) in [4.78, 5) is 21.3. The van der Waals surface area contributed by atoms with Crippen molar-refractivity contribution in [2.24, 2.45) is 0 Å². The fraction of sp³-hybridized carbons (Fsp3) is 0.174. The van der Waals surface area contributed by atoms with Crippen molar-refractivity contribution < 1.29 is 22.7 Å². The maximum absolute atomic E-state index is 13.9. The Morgan fingerprint density at radius 1 is 1.15 bits per heavy atom. The molecular formula is C23H18ClF3N4O2. The Bertz CT molecular complexity index is 1320. The van der Waals surface area contributed by atoms with Gasteiger partial charge in [0.2, 0.25) is 0 Å². The number of carbonyl (C=O) groups excluding carboxylic acids is 1. The van der Waals surface area contributed by atoms with Crippen LogP contribution in [-0.2, 0) is 0 Å². The number of imidazole rings is 1. The monoisotopic (exact) mass is 474 g/mol. The SMILES string of the molecule is CC(C)n1cnc2cc(C(=O)Nc3ccc(OC(F)(F)Cl)cc3)cc(-c3cncc(F)c3)c21. The number of hydrogen-bond acceptors (Lipinski definition) is 4. The summed E-state index contributed by atoms with van der Waals surface area (Å²) in [5.74, 6) is -1.12. The summed E-state index contributed by atoms with van der Waals surface area (Å²) in [5, 5.41) is 2.69. The third kappa shape index (κ3) is 5.09. The zero-order chi connectivity index (χ0) is 23.8. The van der Waals surface area contributed by atoms with Crippen LogP contribution in [0.5, 0.6) is 5.75 Å². The number of ether oxygens (including phenoxy) is 1. The largest absolute Gasteiger partial charge is 0.487 e. The van der Waals surface area contributed by atoms with Crippen molar-refractivity contribution in [3.63, 3.8) is 0 Å². The molecule has 0 aliphatic rings. The van der Waals surface area contributed by atoms with Gasteiger partial charge in [0.05, 0.1) is 23.6 Å². The van der Waals surface area contributed by atoms with Gasteiger partial charge in [-0.05, 0) is 56.3 Å². The molecule has 33 heavy (non-hydrogen) atoms. The minimum atomic E-state index is -3.83. The van der Waals surface area contributed by atoms with Gasteiger partial charge in [-0.25, -0.2) is 9.37 Å². The van der Waals surface area contributed by atoms with Crippen molar-refractivity contribution in [2.45, 2.75) is 25.5 Å². The van der Waals surface area contributed by atoms with Gasteiger partial charge in [0, 0.05) is 46.2 Å². The van der Waals surface area contributed by atoms with Crippen LogP contribution in [0.3, 0.4) is 0 Å². The number of aromatic nitrogens is 3. The van der Waals surface area contributed by atoms with Crippen LogP contribution in [0.15, 0.2) is 61.2 Å². The molecule has 0 aliphatic carbocycles. The third-order valence-electron chi connectivity index (χ3n) is 4.85. The van der Waals surface area contributed by atoms with E-state index in [4.69, 9.17) is 11.6 Å². The number of fused-ring (bicyclic) bond motifs is 1. The molecule has 0 radical (unpaired) electrons. The topological polar surface area (TPSA) is 69.0 Å². The number of carbonyl (C=O) groups is 1. The lowest BCUT2D eigenvalue weighted by Crippen LogP contribution is -2.16. The van der Waals surface area contributed by atoms with Crippen LogP contribution >= 0.6 is 11.6 Å². The van der Waals surface area contributed by atoms with Gasteiger partial charge in [-0.2, -0.15) is 0 Å². The molecule has 10 heteroatoms. The number of rotatable bonds is 6. The lowest BCUT2D eigenvalue weighted by molar-refractivity contribution is -0.0964. The van der Waals surface area contributed by atoms with Crippen LogP contribution in [0.2, 0.25) is 0 Å². The van der Waals surface area contributed by atoms with E-state index >= 15 is 0 Å². The molecule has 0 unspecified atom stereocenters. The fourth-order valence-electron chi connectivity index (χ4n) is 3.42. The summed E-state index contributed by atoms with van der Waals surface area (Å²) < 4.78 is 45.6. The Kier molecular flexibility index (Phi) is 5.99. The highest BCUT2D eigenvalue weighted by molar-refractivity contribution is 6.20. The van der Waals surface area contributed by atoms with E-state index < -0.39 is 17.3 Å². The van der Waals surface area contributed by atoms with Gasteiger partial charge < -0.3 is 14.6 Å². The molecule has 4 rings (SSSR count). The first-order chi connectivity index (χ1) is 15.6. The smallest absolute Gasteiger partial charge is 0.420 e. The molecule has 0 saturated heterocycles. The van der Waals surface area contributed by atoms with Gasteiger partial charge in [0.1, 0.15) is 11.6 Å². The number of nitrogens with one attached hydrogen (secondary N) is 1. The summed E-state index contributed by atoms with van der Waals surface area (Å²) in [6.45, 7) is 3.98. The highest BCUT2D eigenvalue weighted by Crippen LogP contribution is 2.32. The fourth-order valence-corrected chi connectivity index (χ4v) is 3.51. The van der Waals surface area contributed by atoms with Gasteiger partial charge in [-0.3, -0.25) is 9.78 Å². The Hall–Kier alpha value is -3.59. The van der Waals surface area contributed by atoms with E-state index in [-0.39, 0.29) is 17.4 Å². The molecule has 0 aliphatic heterocycles. The maximum Gasteiger partial charge on any atom is 0.487 e. The van der Waals surface area contributed by atoms with Crippen molar-refractivity contribution in [2.75, 3.05) is 5.32 Å². The van der Waals surface area contributed by atoms with Crippen molar-refractivity contribution in [1.29, 1.82) is 0 Å². The van der Waals surface area contributed by atoms with Gasteiger partial charge in [0.25, 0.3) is 5.91 Å². The second-order valence-corrected chi connectivity index (χ2v) is 8.00. The van der Waals surface area contributed by atoms with E-state index in [0.29, 0.717) is 22.3 Å². The van der Waals surface area contributed by atoms with Crippen LogP contribution in [0.4, 0.5) is 18.9 Å². The zero-order valence-electron chi connectivity index (χ0n) is 17.5. The first-order valence-corrected chi connectivity index (χ1v) is 10.3. The van der Waals surface area contributed by atoms with Crippen LogP contribution in [0.1, 0.15) is 30.2 Å². The molecule has 0 bridgehead atoms. The van der Waals surface area contributed by atoms with Crippen LogP contribution in [0.25, 0.3) is 22.2 Å². The quantitative estimate of drug-likeness (QED) is 0.336. The number of amides is 1. The number of nitrogens with zero attached hydrogens (tertiary/aromatic N) is 3. The number of pyridine rings is 1. The number of anilines is 1. The predicted molar refractivity (Wildman–Crippen MR) is 119 cm³/mol. The van der Waals surface area contributed by atoms with Crippen LogP contribution < -0.4 is 10.1 Å². The molecular weight excluding hydrogens is 457 g/mol. The maximum atomic E-state index is 13.9. The lowest BCUT2D eigenvalue weighted by atomic mass is 10.0.